The van der Waals surface area contributed by atoms with E-state index in [0.717, 1.165) is 11.3 Å². The number of nitrogen functional groups attached to an aromatic ring is 1. The number of anilines is 1. The van der Waals surface area contributed by atoms with Crippen LogP contribution >= 0.6 is 0 Å². The molecule has 0 heterocycles. The van der Waals surface area contributed by atoms with Crippen molar-refractivity contribution in [3.05, 3.63) is 54.6 Å². The molecule has 2 heteroatoms. The summed E-state index contributed by atoms with van der Waals surface area (Å²) >= 11 is 0. The quantitative estimate of drug-likeness (QED) is 0.628. The molecule has 0 aliphatic carbocycles. The third-order valence-electron chi connectivity index (χ3n) is 2.05. The molecule has 0 aromatic heterocycles. The van der Waals surface area contributed by atoms with Gasteiger partial charge in [-0.3, -0.25) is 0 Å². The second-order valence-corrected chi connectivity index (χ2v) is 2.95. The average molecular weight is 276 g/mol. The van der Waals surface area contributed by atoms with E-state index in [1.54, 1.807) is 0 Å². The minimum atomic E-state index is 0. The largest absolute Gasteiger partial charge is 0.398 e. The van der Waals surface area contributed by atoms with Gasteiger partial charge in [-0.2, -0.15) is 0 Å². The van der Waals surface area contributed by atoms with Crippen LogP contribution in [0.4, 0.5) is 5.69 Å². The van der Waals surface area contributed by atoms with E-state index in [1.165, 1.54) is 5.56 Å². The summed E-state index contributed by atoms with van der Waals surface area (Å²) in [5.41, 5.74) is 8.95. The summed E-state index contributed by atoms with van der Waals surface area (Å²) in [5, 5.41) is 0. The SMILES string of the molecule is Nc1ccccc1-c1ccccc1.[Pd]. The minimum Gasteiger partial charge on any atom is -0.398 e. The van der Waals surface area contributed by atoms with Crippen molar-refractivity contribution < 1.29 is 20.4 Å². The maximum atomic E-state index is 5.85. The summed E-state index contributed by atoms with van der Waals surface area (Å²) in [6.45, 7) is 0. The molecule has 0 saturated carbocycles. The Kier molecular flexibility index (Phi) is 3.88. The molecule has 0 saturated heterocycles. The van der Waals surface area contributed by atoms with Gasteiger partial charge in [0.25, 0.3) is 0 Å². The van der Waals surface area contributed by atoms with Crippen LogP contribution in [0, 0.1) is 0 Å². The Bertz CT molecular complexity index is 398. The van der Waals surface area contributed by atoms with Gasteiger partial charge in [0.15, 0.2) is 0 Å². The normalized spacial score (nSPS) is 9.14. The van der Waals surface area contributed by atoms with E-state index >= 15 is 0 Å². The molecule has 0 radical (unpaired) electrons. The molecule has 0 spiro atoms. The summed E-state index contributed by atoms with van der Waals surface area (Å²) in [6.07, 6.45) is 0. The van der Waals surface area contributed by atoms with E-state index in [-0.39, 0.29) is 20.4 Å². The molecule has 2 aromatic rings. The summed E-state index contributed by atoms with van der Waals surface area (Å²) in [5.74, 6) is 0. The van der Waals surface area contributed by atoms with Gasteiger partial charge in [-0.05, 0) is 11.6 Å². The monoisotopic (exact) mass is 275 g/mol. The third kappa shape index (κ3) is 2.23. The van der Waals surface area contributed by atoms with E-state index in [1.807, 2.05) is 42.5 Å². The standard InChI is InChI=1S/C12H11N.Pd/c13-12-9-5-4-8-11(12)10-6-2-1-3-7-10;/h1-9H,13H2;. The summed E-state index contributed by atoms with van der Waals surface area (Å²) in [6, 6.07) is 18.1. The summed E-state index contributed by atoms with van der Waals surface area (Å²) in [7, 11) is 0. The molecule has 0 amide bonds. The first-order chi connectivity index (χ1) is 6.38. The van der Waals surface area contributed by atoms with Gasteiger partial charge in [0, 0.05) is 31.7 Å². The van der Waals surface area contributed by atoms with Crippen molar-refractivity contribution in [1.29, 1.82) is 0 Å². The van der Waals surface area contributed by atoms with Crippen LogP contribution in [0.3, 0.4) is 0 Å². The summed E-state index contributed by atoms with van der Waals surface area (Å²) < 4.78 is 0. The van der Waals surface area contributed by atoms with Crippen LogP contribution in [0.25, 0.3) is 11.1 Å². The number of nitrogens with two attached hydrogens (primary N) is 1. The first-order valence-corrected chi connectivity index (χ1v) is 4.28. The molecule has 14 heavy (non-hydrogen) atoms. The third-order valence-corrected chi connectivity index (χ3v) is 2.05. The van der Waals surface area contributed by atoms with E-state index in [0.29, 0.717) is 0 Å². The van der Waals surface area contributed by atoms with Crippen LogP contribution in [0.15, 0.2) is 54.6 Å². The Balaban J connectivity index is 0.000000980. The van der Waals surface area contributed by atoms with E-state index in [2.05, 4.69) is 12.1 Å². The first kappa shape index (κ1) is 11.0. The number of para-hydroxylation sites is 1. The molecule has 0 atom stereocenters. The minimum absolute atomic E-state index is 0. The zero-order valence-electron chi connectivity index (χ0n) is 7.59. The van der Waals surface area contributed by atoms with Crippen molar-refractivity contribution in [2.75, 3.05) is 5.73 Å². The Morgan fingerprint density at radius 2 is 1.29 bits per heavy atom. The van der Waals surface area contributed by atoms with E-state index in [9.17, 15) is 0 Å². The molecule has 2 rings (SSSR count). The van der Waals surface area contributed by atoms with Crippen molar-refractivity contribution in [3.63, 3.8) is 0 Å². The molecule has 74 valence electrons. The molecule has 2 N–H and O–H groups in total. The molecule has 0 unspecified atom stereocenters. The van der Waals surface area contributed by atoms with Gasteiger partial charge in [0.2, 0.25) is 0 Å². The fraction of sp³-hybridized carbons (Fsp3) is 0. The van der Waals surface area contributed by atoms with Gasteiger partial charge in [0.05, 0.1) is 0 Å². The van der Waals surface area contributed by atoms with Crippen LogP contribution in [0.1, 0.15) is 0 Å². The van der Waals surface area contributed by atoms with Gasteiger partial charge in [0.1, 0.15) is 0 Å². The Hall–Kier alpha value is -1.10. The molecule has 0 aliphatic rings. The molecular formula is C12H11NPd. The zero-order valence-corrected chi connectivity index (χ0v) is 9.14. The maximum Gasteiger partial charge on any atom is 0.0393 e. The van der Waals surface area contributed by atoms with Crippen LogP contribution < -0.4 is 5.73 Å². The Labute approximate surface area is 97.6 Å². The molecular weight excluding hydrogens is 265 g/mol. The van der Waals surface area contributed by atoms with Crippen molar-refractivity contribution >= 4 is 5.69 Å². The van der Waals surface area contributed by atoms with Crippen LogP contribution in [-0.4, -0.2) is 0 Å². The topological polar surface area (TPSA) is 26.0 Å². The van der Waals surface area contributed by atoms with Crippen molar-refractivity contribution in [1.82, 2.24) is 0 Å². The molecule has 1 nitrogen and oxygen atoms in total. The van der Waals surface area contributed by atoms with Gasteiger partial charge in [-0.1, -0.05) is 48.5 Å². The van der Waals surface area contributed by atoms with Crippen molar-refractivity contribution in [3.8, 4) is 11.1 Å². The number of rotatable bonds is 1. The summed E-state index contributed by atoms with van der Waals surface area (Å²) in [4.78, 5) is 0. The fourth-order valence-corrected chi connectivity index (χ4v) is 1.38. The number of hydrogen-bond donors (Lipinski definition) is 1. The second kappa shape index (κ2) is 4.95. The predicted molar refractivity (Wildman–Crippen MR) is 56.3 cm³/mol. The van der Waals surface area contributed by atoms with Gasteiger partial charge >= 0.3 is 0 Å². The maximum absolute atomic E-state index is 5.85. The van der Waals surface area contributed by atoms with E-state index in [4.69, 9.17) is 5.73 Å². The van der Waals surface area contributed by atoms with Gasteiger partial charge in [-0.15, -0.1) is 0 Å². The average Bonchev–Trinajstić information content (AvgIpc) is 2.20. The molecule has 0 fully saturated rings. The first-order valence-electron chi connectivity index (χ1n) is 4.28. The van der Waals surface area contributed by atoms with Gasteiger partial charge < -0.3 is 5.73 Å². The number of benzene rings is 2. The zero-order chi connectivity index (χ0) is 9.10. The van der Waals surface area contributed by atoms with Crippen LogP contribution in [0.2, 0.25) is 0 Å². The fourth-order valence-electron chi connectivity index (χ4n) is 1.38. The Morgan fingerprint density at radius 1 is 0.714 bits per heavy atom. The predicted octanol–water partition coefficient (Wildman–Crippen LogP) is 2.93. The number of hydrogen-bond acceptors (Lipinski definition) is 1. The van der Waals surface area contributed by atoms with E-state index < -0.39 is 0 Å². The Morgan fingerprint density at radius 3 is 1.93 bits per heavy atom. The second-order valence-electron chi connectivity index (χ2n) is 2.95. The van der Waals surface area contributed by atoms with Crippen molar-refractivity contribution in [2.24, 2.45) is 0 Å². The van der Waals surface area contributed by atoms with Crippen LogP contribution in [0.5, 0.6) is 0 Å². The smallest absolute Gasteiger partial charge is 0.0393 e. The van der Waals surface area contributed by atoms with Gasteiger partial charge in [-0.25, -0.2) is 0 Å². The molecule has 0 aliphatic heterocycles. The van der Waals surface area contributed by atoms with Crippen molar-refractivity contribution in [2.45, 2.75) is 0 Å². The molecule has 0 bridgehead atoms. The van der Waals surface area contributed by atoms with Crippen LogP contribution in [-0.2, 0) is 20.4 Å². The molecule has 2 aromatic carbocycles.